The molecule has 2 N–H and O–H groups in total. The molecule has 0 aliphatic carbocycles. The number of nitrogens with zero attached hydrogens (tertiary/aromatic N) is 2. The molecule has 5 nitrogen and oxygen atoms in total. The fourth-order valence-electron chi connectivity index (χ4n) is 3.30. The first-order valence-electron chi connectivity index (χ1n) is 9.09. The molecule has 0 radical (unpaired) electrons. The Hall–Kier alpha value is -3.12. The van der Waals surface area contributed by atoms with Crippen molar-refractivity contribution < 1.29 is 9.52 Å². The number of anilines is 1. The fourth-order valence-corrected chi connectivity index (χ4v) is 3.57. The second kappa shape index (κ2) is 7.48. The molecule has 1 aliphatic rings. The molecule has 3 aromatic rings. The van der Waals surface area contributed by atoms with Crippen molar-refractivity contribution in [1.82, 2.24) is 5.01 Å². The molecule has 2 heterocycles. The number of rotatable bonds is 3. The van der Waals surface area contributed by atoms with Crippen LogP contribution in [0.4, 0.5) is 5.69 Å². The van der Waals surface area contributed by atoms with E-state index in [-0.39, 0.29) is 11.8 Å². The van der Waals surface area contributed by atoms with Crippen molar-refractivity contribution in [1.29, 1.82) is 0 Å². The van der Waals surface area contributed by atoms with E-state index in [4.69, 9.17) is 21.7 Å². The van der Waals surface area contributed by atoms with Crippen LogP contribution in [0.1, 0.15) is 34.9 Å². The number of nitrogens with one attached hydrogen (secondary N) is 1. The van der Waals surface area contributed by atoms with Crippen molar-refractivity contribution in [2.24, 2.45) is 5.10 Å². The average molecular weight is 391 g/mol. The minimum atomic E-state index is -0.122. The predicted molar refractivity (Wildman–Crippen MR) is 115 cm³/mol. The molecular weight excluding hydrogens is 370 g/mol. The van der Waals surface area contributed by atoms with Gasteiger partial charge in [0.2, 0.25) is 0 Å². The van der Waals surface area contributed by atoms with Crippen LogP contribution in [0.5, 0.6) is 5.75 Å². The van der Waals surface area contributed by atoms with Crippen LogP contribution in [0.2, 0.25) is 0 Å². The lowest BCUT2D eigenvalue weighted by Crippen LogP contribution is -2.31. The van der Waals surface area contributed by atoms with E-state index in [0.29, 0.717) is 11.5 Å². The third-order valence-electron chi connectivity index (χ3n) is 4.91. The Morgan fingerprint density at radius 3 is 2.68 bits per heavy atom. The van der Waals surface area contributed by atoms with Crippen molar-refractivity contribution in [2.75, 3.05) is 5.32 Å². The van der Waals surface area contributed by atoms with Crippen LogP contribution in [-0.4, -0.2) is 20.9 Å². The summed E-state index contributed by atoms with van der Waals surface area (Å²) >= 11 is 5.68. The zero-order valence-electron chi connectivity index (χ0n) is 15.7. The van der Waals surface area contributed by atoms with E-state index in [1.807, 2.05) is 62.4 Å². The molecule has 1 atom stereocenters. The van der Waals surface area contributed by atoms with Gasteiger partial charge < -0.3 is 14.8 Å². The lowest BCUT2D eigenvalue weighted by Gasteiger charge is -2.23. The zero-order valence-corrected chi connectivity index (χ0v) is 16.5. The molecule has 0 saturated heterocycles. The van der Waals surface area contributed by atoms with Gasteiger partial charge in [0.25, 0.3) is 0 Å². The van der Waals surface area contributed by atoms with E-state index < -0.39 is 0 Å². The first kappa shape index (κ1) is 18.3. The second-order valence-corrected chi connectivity index (χ2v) is 7.26. The van der Waals surface area contributed by atoms with E-state index in [2.05, 4.69) is 5.32 Å². The summed E-state index contributed by atoms with van der Waals surface area (Å²) in [5.74, 6) is 1.08. The Kier molecular flexibility index (Phi) is 4.88. The average Bonchev–Trinajstić information content (AvgIpc) is 3.35. The Balaban J connectivity index is 1.66. The van der Waals surface area contributed by atoms with Crippen LogP contribution in [0, 0.1) is 13.8 Å². The van der Waals surface area contributed by atoms with Crippen LogP contribution in [0.3, 0.4) is 0 Å². The summed E-state index contributed by atoms with van der Waals surface area (Å²) in [6.07, 6.45) is 2.32. The second-order valence-electron chi connectivity index (χ2n) is 6.87. The highest BCUT2D eigenvalue weighted by Gasteiger charge is 2.33. The van der Waals surface area contributed by atoms with Crippen LogP contribution >= 0.6 is 12.2 Å². The van der Waals surface area contributed by atoms with Crippen LogP contribution in [0.15, 0.2) is 70.4 Å². The van der Waals surface area contributed by atoms with Crippen molar-refractivity contribution in [3.05, 3.63) is 83.3 Å². The van der Waals surface area contributed by atoms with Gasteiger partial charge in [-0.15, -0.1) is 0 Å². The smallest absolute Gasteiger partial charge is 0.194 e. The first-order valence-corrected chi connectivity index (χ1v) is 9.50. The van der Waals surface area contributed by atoms with E-state index in [1.54, 1.807) is 17.3 Å². The molecule has 0 spiro atoms. The Labute approximate surface area is 169 Å². The lowest BCUT2D eigenvalue weighted by atomic mass is 10.0. The third kappa shape index (κ3) is 3.51. The summed E-state index contributed by atoms with van der Waals surface area (Å²) in [5.41, 5.74) is 4.74. The summed E-state index contributed by atoms with van der Waals surface area (Å²) < 4.78 is 5.66. The lowest BCUT2D eigenvalue weighted by molar-refractivity contribution is 0.317. The molecule has 0 bridgehead atoms. The minimum Gasteiger partial charge on any atom is -0.508 e. The van der Waals surface area contributed by atoms with Gasteiger partial charge in [0.15, 0.2) is 5.11 Å². The van der Waals surface area contributed by atoms with Crippen molar-refractivity contribution >= 4 is 28.7 Å². The van der Waals surface area contributed by atoms with Gasteiger partial charge in [-0.1, -0.05) is 18.2 Å². The summed E-state index contributed by atoms with van der Waals surface area (Å²) in [7, 11) is 0. The molecule has 2 aromatic carbocycles. The summed E-state index contributed by atoms with van der Waals surface area (Å²) in [5, 5.41) is 20.2. The van der Waals surface area contributed by atoms with Gasteiger partial charge in [-0.3, -0.25) is 0 Å². The molecule has 0 amide bonds. The van der Waals surface area contributed by atoms with E-state index >= 15 is 0 Å². The number of aryl methyl sites for hydroxylation is 2. The molecular formula is C22H21N3O2S. The monoisotopic (exact) mass is 391 g/mol. The van der Waals surface area contributed by atoms with Gasteiger partial charge in [-0.25, -0.2) is 5.01 Å². The standard InChI is InChI=1S/C22H21N3O2S/c1-14-6-3-4-7-17(14)23-22(28)25-19(21-8-5-11-27-21)13-18(24-25)16-9-10-20(26)15(2)12-16/h3-12,19,26H,13H2,1-2H3,(H,23,28). The van der Waals surface area contributed by atoms with Gasteiger partial charge in [-0.2, -0.15) is 5.10 Å². The number of hydrogen-bond acceptors (Lipinski definition) is 4. The molecule has 1 aromatic heterocycles. The van der Waals surface area contributed by atoms with Gasteiger partial charge in [-0.05, 0) is 79.2 Å². The molecule has 6 heteroatoms. The molecule has 1 aliphatic heterocycles. The van der Waals surface area contributed by atoms with Crippen molar-refractivity contribution in [3.63, 3.8) is 0 Å². The number of aromatic hydroxyl groups is 1. The maximum atomic E-state index is 9.82. The van der Waals surface area contributed by atoms with Crippen molar-refractivity contribution in [2.45, 2.75) is 26.3 Å². The maximum Gasteiger partial charge on any atom is 0.194 e. The number of phenols is 1. The molecule has 0 saturated carbocycles. The Morgan fingerprint density at radius 1 is 1.14 bits per heavy atom. The Morgan fingerprint density at radius 2 is 1.96 bits per heavy atom. The summed E-state index contributed by atoms with van der Waals surface area (Å²) in [6, 6.07) is 17.2. The number of hydrogen-bond donors (Lipinski definition) is 2. The highest BCUT2D eigenvalue weighted by Crippen LogP contribution is 2.34. The molecule has 1 unspecified atom stereocenters. The van der Waals surface area contributed by atoms with Gasteiger partial charge in [0.05, 0.1) is 12.0 Å². The Bertz CT molecular complexity index is 1040. The van der Waals surface area contributed by atoms with Crippen molar-refractivity contribution in [3.8, 4) is 5.75 Å². The number of furan rings is 1. The van der Waals surface area contributed by atoms with Crippen LogP contribution < -0.4 is 5.32 Å². The summed E-state index contributed by atoms with van der Waals surface area (Å²) in [4.78, 5) is 0. The van der Waals surface area contributed by atoms with Gasteiger partial charge >= 0.3 is 0 Å². The molecule has 0 fully saturated rings. The van der Waals surface area contributed by atoms with E-state index in [1.165, 1.54) is 0 Å². The van der Waals surface area contributed by atoms with E-state index in [9.17, 15) is 5.11 Å². The number of thiocarbonyl (C=S) groups is 1. The highest BCUT2D eigenvalue weighted by atomic mass is 32.1. The minimum absolute atomic E-state index is 0.122. The number of para-hydroxylation sites is 1. The zero-order chi connectivity index (χ0) is 19.7. The van der Waals surface area contributed by atoms with Gasteiger partial charge in [0.1, 0.15) is 17.6 Å². The number of benzene rings is 2. The quantitative estimate of drug-likeness (QED) is 0.605. The fraction of sp³-hybridized carbons (Fsp3) is 0.182. The van der Waals surface area contributed by atoms with Gasteiger partial charge in [0, 0.05) is 12.1 Å². The highest BCUT2D eigenvalue weighted by molar-refractivity contribution is 7.80. The topological polar surface area (TPSA) is 61.0 Å². The first-order chi connectivity index (χ1) is 13.5. The van der Waals surface area contributed by atoms with Crippen LogP contribution in [-0.2, 0) is 0 Å². The van der Waals surface area contributed by atoms with Crippen LogP contribution in [0.25, 0.3) is 0 Å². The maximum absolute atomic E-state index is 9.82. The number of hydrazone groups is 1. The number of phenolic OH excluding ortho intramolecular Hbond substituents is 1. The molecule has 4 rings (SSSR count). The third-order valence-corrected chi connectivity index (χ3v) is 5.20. The molecule has 142 valence electrons. The largest absolute Gasteiger partial charge is 0.508 e. The predicted octanol–water partition coefficient (Wildman–Crippen LogP) is 5.15. The normalized spacial score (nSPS) is 16.1. The SMILES string of the molecule is Cc1cc(C2=NN(C(=S)Nc3ccccc3C)C(c3ccco3)C2)ccc1O. The van der Waals surface area contributed by atoms with E-state index in [0.717, 1.165) is 33.8 Å². The molecule has 28 heavy (non-hydrogen) atoms. The summed E-state index contributed by atoms with van der Waals surface area (Å²) in [6.45, 7) is 3.91.